The van der Waals surface area contributed by atoms with Gasteiger partial charge in [0.25, 0.3) is 5.91 Å². The van der Waals surface area contributed by atoms with Crippen LogP contribution in [-0.2, 0) is 4.79 Å². The third-order valence-electron chi connectivity index (χ3n) is 2.89. The summed E-state index contributed by atoms with van der Waals surface area (Å²) in [6.07, 6.45) is 1.85. The normalized spacial score (nSPS) is 15.6. The molecule has 0 aliphatic carbocycles. The van der Waals surface area contributed by atoms with E-state index in [-0.39, 0.29) is 5.91 Å². The molecule has 3 rings (SSSR count). The van der Waals surface area contributed by atoms with Gasteiger partial charge in [-0.2, -0.15) is 0 Å². The quantitative estimate of drug-likeness (QED) is 0.771. The summed E-state index contributed by atoms with van der Waals surface area (Å²) in [6.45, 7) is 0. The Kier molecular flexibility index (Phi) is 2.65. The molecule has 0 unspecified atom stereocenters. The molecule has 0 bridgehead atoms. The molecule has 3 heteroatoms. The summed E-state index contributed by atoms with van der Waals surface area (Å²) in [6, 6.07) is 15.2. The van der Waals surface area contributed by atoms with Gasteiger partial charge in [0, 0.05) is 5.56 Å². The molecule has 0 aromatic heterocycles. The molecule has 0 radical (unpaired) electrons. The first-order chi connectivity index (χ1) is 8.75. The van der Waals surface area contributed by atoms with Crippen LogP contribution in [0.4, 0.5) is 5.69 Å². The Bertz CT molecular complexity index is 647. The van der Waals surface area contributed by atoms with E-state index in [1.807, 2.05) is 48.5 Å². The van der Waals surface area contributed by atoms with E-state index in [9.17, 15) is 4.79 Å². The van der Waals surface area contributed by atoms with Crippen molar-refractivity contribution in [3.63, 3.8) is 0 Å². The van der Waals surface area contributed by atoms with Crippen LogP contribution >= 0.6 is 11.6 Å². The Morgan fingerprint density at radius 3 is 2.56 bits per heavy atom. The SMILES string of the molecule is O=C1Nc2cccc(Cl)c2/C1=C/c1ccccc1. The van der Waals surface area contributed by atoms with Gasteiger partial charge in [-0.05, 0) is 23.8 Å². The van der Waals surface area contributed by atoms with Gasteiger partial charge < -0.3 is 5.32 Å². The van der Waals surface area contributed by atoms with Crippen molar-refractivity contribution in [1.29, 1.82) is 0 Å². The second-order valence-electron chi connectivity index (χ2n) is 4.09. The minimum atomic E-state index is -0.109. The third-order valence-corrected chi connectivity index (χ3v) is 3.20. The summed E-state index contributed by atoms with van der Waals surface area (Å²) in [4.78, 5) is 11.9. The molecule has 1 aliphatic rings. The van der Waals surface area contributed by atoms with Crippen molar-refractivity contribution in [3.05, 3.63) is 64.7 Å². The average molecular weight is 256 g/mol. The van der Waals surface area contributed by atoms with Gasteiger partial charge in [0.1, 0.15) is 0 Å². The highest BCUT2D eigenvalue weighted by atomic mass is 35.5. The Morgan fingerprint density at radius 1 is 1.00 bits per heavy atom. The predicted molar refractivity (Wildman–Crippen MR) is 74.4 cm³/mol. The van der Waals surface area contributed by atoms with Crippen LogP contribution in [0.15, 0.2) is 48.5 Å². The molecule has 88 valence electrons. The van der Waals surface area contributed by atoms with Crippen LogP contribution in [0.3, 0.4) is 0 Å². The molecule has 1 amide bonds. The third kappa shape index (κ3) is 1.81. The van der Waals surface area contributed by atoms with Crippen LogP contribution < -0.4 is 5.32 Å². The summed E-state index contributed by atoms with van der Waals surface area (Å²) in [5, 5.41) is 3.41. The van der Waals surface area contributed by atoms with Crippen LogP contribution in [0.5, 0.6) is 0 Å². The first-order valence-corrected chi connectivity index (χ1v) is 6.00. The largest absolute Gasteiger partial charge is 0.321 e. The summed E-state index contributed by atoms with van der Waals surface area (Å²) in [5.41, 5.74) is 3.15. The Balaban J connectivity index is 2.15. The molecule has 0 spiro atoms. The van der Waals surface area contributed by atoms with Gasteiger partial charge in [-0.1, -0.05) is 48.0 Å². The molecule has 0 saturated carbocycles. The summed E-state index contributed by atoms with van der Waals surface area (Å²) in [5.74, 6) is -0.109. The number of halogens is 1. The molecule has 2 aromatic carbocycles. The second kappa shape index (κ2) is 4.31. The van der Waals surface area contributed by atoms with Crippen LogP contribution in [0.1, 0.15) is 11.1 Å². The van der Waals surface area contributed by atoms with E-state index in [0.29, 0.717) is 10.6 Å². The van der Waals surface area contributed by atoms with Crippen molar-refractivity contribution in [3.8, 4) is 0 Å². The molecule has 2 nitrogen and oxygen atoms in total. The number of hydrogen-bond acceptors (Lipinski definition) is 1. The van der Waals surface area contributed by atoms with Gasteiger partial charge >= 0.3 is 0 Å². The summed E-state index contributed by atoms with van der Waals surface area (Å²) >= 11 is 6.16. The predicted octanol–water partition coefficient (Wildman–Crippen LogP) is 3.83. The van der Waals surface area contributed by atoms with E-state index in [1.165, 1.54) is 0 Å². The van der Waals surface area contributed by atoms with Gasteiger partial charge in [0.05, 0.1) is 16.3 Å². The van der Waals surface area contributed by atoms with Crippen molar-refractivity contribution < 1.29 is 4.79 Å². The van der Waals surface area contributed by atoms with E-state index in [1.54, 1.807) is 6.07 Å². The van der Waals surface area contributed by atoms with Gasteiger partial charge in [-0.25, -0.2) is 0 Å². The van der Waals surface area contributed by atoms with E-state index in [0.717, 1.165) is 16.8 Å². The van der Waals surface area contributed by atoms with Gasteiger partial charge in [0.2, 0.25) is 0 Å². The molecule has 0 saturated heterocycles. The van der Waals surface area contributed by atoms with Crippen LogP contribution in [-0.4, -0.2) is 5.91 Å². The molecule has 18 heavy (non-hydrogen) atoms. The number of carbonyl (C=O) groups excluding carboxylic acids is 1. The lowest BCUT2D eigenvalue weighted by atomic mass is 10.0. The van der Waals surface area contributed by atoms with Gasteiger partial charge in [0.15, 0.2) is 0 Å². The van der Waals surface area contributed by atoms with Crippen LogP contribution in [0.2, 0.25) is 5.02 Å². The molecule has 0 atom stereocenters. The standard InChI is InChI=1S/C15H10ClNO/c16-12-7-4-8-13-14(12)11(15(18)17-13)9-10-5-2-1-3-6-10/h1-9H,(H,17,18)/b11-9-. The van der Waals surface area contributed by atoms with Crippen LogP contribution in [0, 0.1) is 0 Å². The van der Waals surface area contributed by atoms with E-state index in [2.05, 4.69) is 5.32 Å². The molecular weight excluding hydrogens is 246 g/mol. The molecule has 0 fully saturated rings. The zero-order chi connectivity index (χ0) is 12.5. The molecule has 1 heterocycles. The zero-order valence-corrected chi connectivity index (χ0v) is 10.2. The number of anilines is 1. The smallest absolute Gasteiger partial charge is 0.256 e. The fraction of sp³-hybridized carbons (Fsp3) is 0. The van der Waals surface area contributed by atoms with Crippen molar-refractivity contribution in [2.75, 3.05) is 5.32 Å². The first kappa shape index (κ1) is 11.1. The lowest BCUT2D eigenvalue weighted by Gasteiger charge is -2.01. The molecule has 2 aromatic rings. The maximum absolute atomic E-state index is 11.9. The minimum Gasteiger partial charge on any atom is -0.321 e. The number of carbonyl (C=O) groups is 1. The number of nitrogens with one attached hydrogen (secondary N) is 1. The van der Waals surface area contributed by atoms with Crippen molar-refractivity contribution in [1.82, 2.24) is 0 Å². The minimum absolute atomic E-state index is 0.109. The maximum atomic E-state index is 11.9. The van der Waals surface area contributed by atoms with Gasteiger partial charge in [-0.3, -0.25) is 4.79 Å². The fourth-order valence-electron chi connectivity index (χ4n) is 2.06. The van der Waals surface area contributed by atoms with E-state index in [4.69, 9.17) is 11.6 Å². The Morgan fingerprint density at radius 2 is 1.78 bits per heavy atom. The number of benzene rings is 2. The van der Waals surface area contributed by atoms with Gasteiger partial charge in [-0.15, -0.1) is 0 Å². The van der Waals surface area contributed by atoms with Crippen molar-refractivity contribution in [2.24, 2.45) is 0 Å². The Hall–Kier alpha value is -2.06. The number of amides is 1. The van der Waals surface area contributed by atoms with E-state index < -0.39 is 0 Å². The fourth-order valence-corrected chi connectivity index (χ4v) is 2.34. The lowest BCUT2D eigenvalue weighted by molar-refractivity contribution is -0.110. The summed E-state index contributed by atoms with van der Waals surface area (Å²) in [7, 11) is 0. The average Bonchev–Trinajstić information content (AvgIpc) is 2.69. The number of hydrogen-bond donors (Lipinski definition) is 1. The highest BCUT2D eigenvalue weighted by Crippen LogP contribution is 2.37. The highest BCUT2D eigenvalue weighted by molar-refractivity contribution is 6.41. The molecule has 1 N–H and O–H groups in total. The number of rotatable bonds is 1. The topological polar surface area (TPSA) is 29.1 Å². The zero-order valence-electron chi connectivity index (χ0n) is 9.48. The lowest BCUT2D eigenvalue weighted by Crippen LogP contribution is -2.03. The monoisotopic (exact) mass is 255 g/mol. The molecular formula is C15H10ClNO. The highest BCUT2D eigenvalue weighted by Gasteiger charge is 2.25. The van der Waals surface area contributed by atoms with Crippen LogP contribution in [0.25, 0.3) is 11.6 Å². The maximum Gasteiger partial charge on any atom is 0.256 e. The second-order valence-corrected chi connectivity index (χ2v) is 4.49. The molecule has 1 aliphatic heterocycles. The first-order valence-electron chi connectivity index (χ1n) is 5.63. The number of fused-ring (bicyclic) bond motifs is 1. The van der Waals surface area contributed by atoms with Crippen molar-refractivity contribution in [2.45, 2.75) is 0 Å². The summed E-state index contributed by atoms with van der Waals surface area (Å²) < 4.78 is 0. The van der Waals surface area contributed by atoms with Crippen molar-refractivity contribution >= 4 is 34.8 Å². The Labute approximate surface area is 110 Å². The van der Waals surface area contributed by atoms with E-state index >= 15 is 0 Å².